The normalized spacial score (nSPS) is 12.1. The second kappa shape index (κ2) is 9.50. The topological polar surface area (TPSA) is 79.7 Å². The van der Waals surface area contributed by atoms with Crippen molar-refractivity contribution in [1.82, 2.24) is 30.1 Å². The summed E-state index contributed by atoms with van der Waals surface area (Å²) in [6, 6.07) is 14.7. The number of aromatic amines is 1. The maximum Gasteiger partial charge on any atom is 0.252 e. The van der Waals surface area contributed by atoms with Gasteiger partial charge in [0.15, 0.2) is 5.82 Å². The predicted octanol–water partition coefficient (Wildman–Crippen LogP) is 4.79. The molecule has 0 aliphatic carbocycles. The molecule has 0 amide bonds. The largest absolute Gasteiger partial charge is 0.321 e. The summed E-state index contributed by atoms with van der Waals surface area (Å²) >= 11 is 0. The minimum atomic E-state index is -0.191. The van der Waals surface area contributed by atoms with E-state index in [1.807, 2.05) is 23.7 Å². The number of H-pyrrole nitrogens is 1. The maximum absolute atomic E-state index is 13.1. The molecule has 178 valence electrons. The lowest BCUT2D eigenvalue weighted by molar-refractivity contribution is 0.217. The van der Waals surface area contributed by atoms with Crippen molar-refractivity contribution in [2.75, 3.05) is 0 Å². The highest BCUT2D eigenvalue weighted by Crippen LogP contribution is 2.23. The average Bonchev–Trinajstić information content (AvgIpc) is 3.28. The number of fused-ring (bicyclic) bond motifs is 1. The van der Waals surface area contributed by atoms with Crippen LogP contribution in [0.25, 0.3) is 10.9 Å². The van der Waals surface area contributed by atoms with E-state index in [-0.39, 0.29) is 11.1 Å². The van der Waals surface area contributed by atoms with Gasteiger partial charge in [0.1, 0.15) is 0 Å². The Morgan fingerprint density at radius 3 is 2.38 bits per heavy atom. The first-order chi connectivity index (χ1) is 16.2. The summed E-state index contributed by atoms with van der Waals surface area (Å²) in [5, 5.41) is 13.7. The molecule has 0 aliphatic rings. The Bertz CT molecular complexity index is 1350. The molecule has 4 rings (SSSR count). The van der Waals surface area contributed by atoms with E-state index in [0.717, 1.165) is 39.8 Å². The van der Waals surface area contributed by atoms with Gasteiger partial charge in [0.05, 0.1) is 17.6 Å². The number of pyridine rings is 1. The molecule has 4 aromatic rings. The molecule has 7 nitrogen and oxygen atoms in total. The van der Waals surface area contributed by atoms with Gasteiger partial charge in [-0.3, -0.25) is 9.69 Å². The second-order valence-corrected chi connectivity index (χ2v) is 9.92. The molecule has 34 heavy (non-hydrogen) atoms. The Labute approximate surface area is 200 Å². The summed E-state index contributed by atoms with van der Waals surface area (Å²) in [5.41, 5.74) is 6.03. The Kier molecular flexibility index (Phi) is 6.66. The van der Waals surface area contributed by atoms with Crippen LogP contribution in [-0.4, -0.2) is 30.1 Å². The van der Waals surface area contributed by atoms with Crippen LogP contribution in [-0.2, 0) is 25.2 Å². The molecular formula is C27H34N6O. The van der Waals surface area contributed by atoms with Gasteiger partial charge in [-0.15, -0.1) is 5.10 Å². The van der Waals surface area contributed by atoms with Crippen molar-refractivity contribution < 1.29 is 0 Å². The summed E-state index contributed by atoms with van der Waals surface area (Å²) in [4.78, 5) is 18.4. The SMILES string of the molecule is CCC(C)(C)n1nnnc1CN(Cc1ccc(C)cc1)Cc1cc2c(C)ccc(C)c2[nH]c1=O. The molecule has 2 aromatic heterocycles. The third-order valence-electron chi connectivity index (χ3n) is 6.78. The molecule has 0 unspecified atom stereocenters. The van der Waals surface area contributed by atoms with Crippen LogP contribution in [0.2, 0.25) is 0 Å². The summed E-state index contributed by atoms with van der Waals surface area (Å²) in [5.74, 6) is 0.795. The fourth-order valence-corrected chi connectivity index (χ4v) is 4.22. The van der Waals surface area contributed by atoms with E-state index >= 15 is 0 Å². The standard InChI is InChI=1S/C27H34N6O/c1-7-27(5,6)33-24(29-30-31-33)17-32(15-21-12-8-18(2)9-13-21)16-22-14-23-19(3)10-11-20(4)25(23)28-26(22)34/h8-14H,7,15-17H2,1-6H3,(H,28,34). The Morgan fingerprint density at radius 1 is 0.971 bits per heavy atom. The molecule has 2 heterocycles. The van der Waals surface area contributed by atoms with Gasteiger partial charge in [0, 0.05) is 24.0 Å². The van der Waals surface area contributed by atoms with Crippen molar-refractivity contribution in [3.8, 4) is 0 Å². The van der Waals surface area contributed by atoms with Crippen molar-refractivity contribution >= 4 is 10.9 Å². The smallest absolute Gasteiger partial charge is 0.252 e. The van der Waals surface area contributed by atoms with Crippen LogP contribution in [0, 0.1) is 20.8 Å². The molecule has 0 saturated carbocycles. The van der Waals surface area contributed by atoms with E-state index in [1.54, 1.807) is 0 Å². The molecule has 0 radical (unpaired) electrons. The number of aromatic nitrogens is 5. The van der Waals surface area contributed by atoms with Crippen molar-refractivity contribution in [1.29, 1.82) is 0 Å². The molecule has 0 aliphatic heterocycles. The van der Waals surface area contributed by atoms with Gasteiger partial charge in [-0.05, 0) is 74.2 Å². The molecule has 0 spiro atoms. The zero-order valence-electron chi connectivity index (χ0n) is 21.0. The lowest BCUT2D eigenvalue weighted by atomic mass is 10.0. The summed E-state index contributed by atoms with van der Waals surface area (Å²) < 4.78 is 1.91. The first kappa shape index (κ1) is 23.8. The highest BCUT2D eigenvalue weighted by atomic mass is 16.1. The lowest BCUT2D eigenvalue weighted by Crippen LogP contribution is -2.32. The van der Waals surface area contributed by atoms with Crippen LogP contribution in [0.15, 0.2) is 47.3 Å². The van der Waals surface area contributed by atoms with Gasteiger partial charge in [-0.2, -0.15) is 0 Å². The fourth-order valence-electron chi connectivity index (χ4n) is 4.22. The van der Waals surface area contributed by atoms with Gasteiger partial charge in [-0.1, -0.05) is 48.9 Å². The van der Waals surface area contributed by atoms with Gasteiger partial charge in [0.25, 0.3) is 5.56 Å². The van der Waals surface area contributed by atoms with Crippen LogP contribution in [0.5, 0.6) is 0 Å². The minimum Gasteiger partial charge on any atom is -0.321 e. The van der Waals surface area contributed by atoms with Crippen LogP contribution in [0.4, 0.5) is 0 Å². The Hall–Kier alpha value is -3.32. The molecule has 0 saturated heterocycles. The van der Waals surface area contributed by atoms with E-state index < -0.39 is 0 Å². The summed E-state index contributed by atoms with van der Waals surface area (Å²) in [6.07, 6.45) is 0.909. The number of aryl methyl sites for hydroxylation is 3. The monoisotopic (exact) mass is 458 g/mol. The third-order valence-corrected chi connectivity index (χ3v) is 6.78. The zero-order valence-corrected chi connectivity index (χ0v) is 21.0. The van der Waals surface area contributed by atoms with Crippen molar-refractivity contribution in [2.45, 2.75) is 73.1 Å². The molecule has 1 N–H and O–H groups in total. The van der Waals surface area contributed by atoms with Crippen LogP contribution >= 0.6 is 0 Å². The molecule has 0 bridgehead atoms. The fraction of sp³-hybridized carbons (Fsp3) is 0.407. The minimum absolute atomic E-state index is 0.0522. The molecule has 2 aromatic carbocycles. The number of tetrazole rings is 1. The van der Waals surface area contributed by atoms with Crippen molar-refractivity contribution in [3.05, 3.63) is 86.5 Å². The predicted molar refractivity (Wildman–Crippen MR) is 136 cm³/mol. The van der Waals surface area contributed by atoms with E-state index in [4.69, 9.17) is 0 Å². The van der Waals surface area contributed by atoms with Crippen LogP contribution in [0.1, 0.15) is 60.8 Å². The highest BCUT2D eigenvalue weighted by molar-refractivity contribution is 5.85. The van der Waals surface area contributed by atoms with Gasteiger partial charge in [-0.25, -0.2) is 4.68 Å². The number of benzene rings is 2. The first-order valence-electron chi connectivity index (χ1n) is 11.9. The van der Waals surface area contributed by atoms with E-state index in [2.05, 4.69) is 90.4 Å². The summed E-state index contributed by atoms with van der Waals surface area (Å²) in [7, 11) is 0. The van der Waals surface area contributed by atoms with E-state index in [1.165, 1.54) is 11.1 Å². The quantitative estimate of drug-likeness (QED) is 0.411. The third kappa shape index (κ3) is 4.94. The average molecular weight is 459 g/mol. The van der Waals surface area contributed by atoms with E-state index in [9.17, 15) is 4.79 Å². The zero-order chi connectivity index (χ0) is 24.5. The number of hydrogen-bond acceptors (Lipinski definition) is 5. The maximum atomic E-state index is 13.1. The number of rotatable bonds is 8. The van der Waals surface area contributed by atoms with E-state index in [0.29, 0.717) is 19.6 Å². The summed E-state index contributed by atoms with van der Waals surface area (Å²) in [6.45, 7) is 14.3. The lowest BCUT2D eigenvalue weighted by Gasteiger charge is -2.27. The Balaban J connectivity index is 1.71. The number of nitrogens with zero attached hydrogens (tertiary/aromatic N) is 5. The van der Waals surface area contributed by atoms with Crippen molar-refractivity contribution in [3.63, 3.8) is 0 Å². The van der Waals surface area contributed by atoms with Gasteiger partial charge >= 0.3 is 0 Å². The molecule has 7 heteroatoms. The first-order valence-corrected chi connectivity index (χ1v) is 11.9. The molecule has 0 atom stereocenters. The highest BCUT2D eigenvalue weighted by Gasteiger charge is 2.25. The van der Waals surface area contributed by atoms with Crippen LogP contribution < -0.4 is 5.56 Å². The second-order valence-electron chi connectivity index (χ2n) is 9.92. The van der Waals surface area contributed by atoms with Crippen LogP contribution in [0.3, 0.4) is 0 Å². The number of hydrogen-bond donors (Lipinski definition) is 1. The number of nitrogens with one attached hydrogen (secondary N) is 1. The Morgan fingerprint density at radius 2 is 1.68 bits per heavy atom. The molecule has 0 fully saturated rings. The van der Waals surface area contributed by atoms with Gasteiger partial charge in [0.2, 0.25) is 0 Å². The molecular weight excluding hydrogens is 424 g/mol. The van der Waals surface area contributed by atoms with Crippen molar-refractivity contribution in [2.24, 2.45) is 0 Å². The van der Waals surface area contributed by atoms with Gasteiger partial charge < -0.3 is 4.98 Å².